The van der Waals surface area contributed by atoms with Gasteiger partial charge in [0.15, 0.2) is 0 Å². The molecule has 2 N–H and O–H groups in total. The van der Waals surface area contributed by atoms with Gasteiger partial charge in [-0.25, -0.2) is 0 Å². The third-order valence-corrected chi connectivity index (χ3v) is 3.98. The molecule has 2 unspecified atom stereocenters. The molecule has 2 aliphatic rings. The third-order valence-electron chi connectivity index (χ3n) is 3.98. The highest BCUT2D eigenvalue weighted by atomic mass is 16.5. The number of hydrogen-bond donors (Lipinski definition) is 1. The average Bonchev–Trinajstić information content (AvgIpc) is 2.35. The summed E-state index contributed by atoms with van der Waals surface area (Å²) in [6, 6.07) is 0.790. The number of methoxy groups -OCH3 is 1. The third kappa shape index (κ3) is 2.94. The van der Waals surface area contributed by atoms with Crippen molar-refractivity contribution in [3.05, 3.63) is 0 Å². The van der Waals surface area contributed by atoms with Gasteiger partial charge in [0.05, 0.1) is 6.10 Å². The highest BCUT2D eigenvalue weighted by molar-refractivity contribution is 4.85. The Balaban J connectivity index is 1.80. The topological polar surface area (TPSA) is 41.7 Å². The molecule has 0 spiro atoms. The van der Waals surface area contributed by atoms with Crippen molar-refractivity contribution in [1.82, 2.24) is 9.80 Å². The molecule has 2 atom stereocenters. The van der Waals surface area contributed by atoms with Gasteiger partial charge in [-0.05, 0) is 19.4 Å². The van der Waals surface area contributed by atoms with Crippen LogP contribution in [-0.2, 0) is 4.74 Å². The van der Waals surface area contributed by atoms with Gasteiger partial charge >= 0.3 is 0 Å². The van der Waals surface area contributed by atoms with E-state index in [0.717, 1.165) is 12.6 Å². The number of hydrogen-bond acceptors (Lipinski definition) is 4. The van der Waals surface area contributed by atoms with Crippen LogP contribution in [0.2, 0.25) is 0 Å². The zero-order valence-corrected chi connectivity index (χ0v) is 10.4. The quantitative estimate of drug-likeness (QED) is 0.741. The van der Waals surface area contributed by atoms with E-state index in [1.54, 1.807) is 7.11 Å². The van der Waals surface area contributed by atoms with E-state index in [4.69, 9.17) is 10.5 Å². The standard InChI is InChI=1S/C12H25N3O/c1-16-12(8-13)10-14-6-7-15-5-3-2-4-11(15)9-14/h11-12H,2-10,13H2,1H3. The van der Waals surface area contributed by atoms with Crippen molar-refractivity contribution in [2.24, 2.45) is 5.73 Å². The first kappa shape index (κ1) is 12.3. The molecule has 0 bridgehead atoms. The Morgan fingerprint density at radius 3 is 2.94 bits per heavy atom. The van der Waals surface area contributed by atoms with E-state index >= 15 is 0 Å². The SMILES string of the molecule is COC(CN)CN1CCN2CCCCC2C1. The van der Waals surface area contributed by atoms with Crippen molar-refractivity contribution in [1.29, 1.82) is 0 Å². The van der Waals surface area contributed by atoms with Crippen molar-refractivity contribution in [2.75, 3.05) is 46.4 Å². The van der Waals surface area contributed by atoms with Gasteiger partial charge in [-0.2, -0.15) is 0 Å². The first-order valence-corrected chi connectivity index (χ1v) is 6.52. The molecule has 0 radical (unpaired) electrons. The monoisotopic (exact) mass is 227 g/mol. The Labute approximate surface area is 98.7 Å². The summed E-state index contributed by atoms with van der Waals surface area (Å²) in [5.41, 5.74) is 5.67. The first-order chi connectivity index (χ1) is 7.83. The summed E-state index contributed by atoms with van der Waals surface area (Å²) >= 11 is 0. The smallest absolute Gasteiger partial charge is 0.0820 e. The predicted octanol–water partition coefficient (Wildman–Crippen LogP) is 0.130. The van der Waals surface area contributed by atoms with E-state index < -0.39 is 0 Å². The maximum absolute atomic E-state index is 5.67. The molecule has 0 aromatic carbocycles. The molecule has 0 aromatic heterocycles. The molecular formula is C12H25N3O. The molecule has 0 aliphatic carbocycles. The summed E-state index contributed by atoms with van der Waals surface area (Å²) in [4.78, 5) is 5.18. The maximum atomic E-state index is 5.67. The second-order valence-corrected chi connectivity index (χ2v) is 5.04. The minimum atomic E-state index is 0.204. The van der Waals surface area contributed by atoms with Crippen molar-refractivity contribution in [2.45, 2.75) is 31.4 Å². The van der Waals surface area contributed by atoms with Crippen LogP contribution in [0, 0.1) is 0 Å². The molecule has 16 heavy (non-hydrogen) atoms. The van der Waals surface area contributed by atoms with E-state index in [2.05, 4.69) is 9.80 Å². The first-order valence-electron chi connectivity index (χ1n) is 6.52. The molecule has 4 heteroatoms. The lowest BCUT2D eigenvalue weighted by Gasteiger charge is -2.44. The fourth-order valence-corrected chi connectivity index (χ4v) is 2.92. The number of ether oxygens (including phenoxy) is 1. The van der Waals surface area contributed by atoms with Gasteiger partial charge in [-0.15, -0.1) is 0 Å². The molecule has 0 aromatic rings. The summed E-state index contributed by atoms with van der Waals surface area (Å²) in [6.45, 7) is 6.55. The zero-order chi connectivity index (χ0) is 11.4. The largest absolute Gasteiger partial charge is 0.379 e. The van der Waals surface area contributed by atoms with Gasteiger partial charge in [0.25, 0.3) is 0 Å². The van der Waals surface area contributed by atoms with Crippen LogP contribution in [0.1, 0.15) is 19.3 Å². The number of piperidine rings is 1. The summed E-state index contributed by atoms with van der Waals surface area (Å²) in [5.74, 6) is 0. The normalized spacial score (nSPS) is 30.0. The van der Waals surface area contributed by atoms with Gasteiger partial charge in [-0.3, -0.25) is 9.80 Å². The molecule has 2 rings (SSSR count). The molecule has 0 saturated carbocycles. The van der Waals surface area contributed by atoms with Gasteiger partial charge < -0.3 is 10.5 Å². The van der Waals surface area contributed by atoms with E-state index in [9.17, 15) is 0 Å². The van der Waals surface area contributed by atoms with Crippen LogP contribution in [0.4, 0.5) is 0 Å². The Bertz CT molecular complexity index is 208. The van der Waals surface area contributed by atoms with E-state index in [1.165, 1.54) is 45.4 Å². The number of piperazine rings is 1. The minimum absolute atomic E-state index is 0.204. The van der Waals surface area contributed by atoms with Crippen LogP contribution in [0.5, 0.6) is 0 Å². The highest BCUT2D eigenvalue weighted by Gasteiger charge is 2.29. The van der Waals surface area contributed by atoms with E-state index in [1.807, 2.05) is 0 Å². The Morgan fingerprint density at radius 1 is 1.31 bits per heavy atom. The second kappa shape index (κ2) is 5.96. The lowest BCUT2D eigenvalue weighted by Crippen LogP contribution is -2.56. The van der Waals surface area contributed by atoms with Crippen LogP contribution in [0.25, 0.3) is 0 Å². The van der Waals surface area contributed by atoms with E-state index in [-0.39, 0.29) is 6.10 Å². The Kier molecular flexibility index (Phi) is 4.58. The lowest BCUT2D eigenvalue weighted by atomic mass is 9.99. The van der Waals surface area contributed by atoms with E-state index in [0.29, 0.717) is 6.54 Å². The van der Waals surface area contributed by atoms with Crippen LogP contribution in [0.15, 0.2) is 0 Å². The van der Waals surface area contributed by atoms with Crippen LogP contribution < -0.4 is 5.73 Å². The second-order valence-electron chi connectivity index (χ2n) is 5.04. The molecule has 2 heterocycles. The van der Waals surface area contributed by atoms with Gasteiger partial charge in [0.1, 0.15) is 0 Å². The van der Waals surface area contributed by atoms with Crippen molar-refractivity contribution >= 4 is 0 Å². The average molecular weight is 227 g/mol. The molecule has 0 amide bonds. The van der Waals surface area contributed by atoms with Gasteiger partial charge in [0.2, 0.25) is 0 Å². The summed E-state index contributed by atoms with van der Waals surface area (Å²) in [7, 11) is 1.76. The predicted molar refractivity (Wildman–Crippen MR) is 65.5 cm³/mol. The van der Waals surface area contributed by atoms with Crippen LogP contribution in [0.3, 0.4) is 0 Å². The minimum Gasteiger partial charge on any atom is -0.379 e. The maximum Gasteiger partial charge on any atom is 0.0820 e. The Morgan fingerprint density at radius 2 is 2.19 bits per heavy atom. The summed E-state index contributed by atoms with van der Waals surface area (Å²) < 4.78 is 5.36. The zero-order valence-electron chi connectivity index (χ0n) is 10.4. The highest BCUT2D eigenvalue weighted by Crippen LogP contribution is 2.21. The fourth-order valence-electron chi connectivity index (χ4n) is 2.92. The molecule has 94 valence electrons. The van der Waals surface area contributed by atoms with Crippen molar-refractivity contribution in [3.63, 3.8) is 0 Å². The Hall–Kier alpha value is -0.160. The lowest BCUT2D eigenvalue weighted by molar-refractivity contribution is 0.0129. The molecule has 2 fully saturated rings. The van der Waals surface area contributed by atoms with Gasteiger partial charge in [-0.1, -0.05) is 6.42 Å². The number of rotatable bonds is 4. The van der Waals surface area contributed by atoms with Crippen LogP contribution in [-0.4, -0.2) is 68.3 Å². The van der Waals surface area contributed by atoms with Gasteiger partial charge in [0, 0.05) is 45.9 Å². The van der Waals surface area contributed by atoms with Crippen molar-refractivity contribution in [3.8, 4) is 0 Å². The fraction of sp³-hybridized carbons (Fsp3) is 1.00. The number of nitrogens with zero attached hydrogens (tertiary/aromatic N) is 2. The molecular weight excluding hydrogens is 202 g/mol. The number of nitrogens with two attached hydrogens (primary N) is 1. The molecule has 4 nitrogen and oxygen atoms in total. The van der Waals surface area contributed by atoms with Crippen molar-refractivity contribution < 1.29 is 4.74 Å². The molecule has 2 saturated heterocycles. The molecule has 2 aliphatic heterocycles. The van der Waals surface area contributed by atoms with Crippen LogP contribution >= 0.6 is 0 Å². The number of fused-ring (bicyclic) bond motifs is 1. The summed E-state index contributed by atoms with van der Waals surface area (Å²) in [6.07, 6.45) is 4.37. The summed E-state index contributed by atoms with van der Waals surface area (Å²) in [5, 5.41) is 0.